The van der Waals surface area contributed by atoms with E-state index in [0.717, 1.165) is 16.4 Å². The zero-order chi connectivity index (χ0) is 14.7. The smallest absolute Gasteiger partial charge is 0.248 e. The van der Waals surface area contributed by atoms with Gasteiger partial charge in [-0.05, 0) is 36.9 Å². The lowest BCUT2D eigenvalue weighted by Crippen LogP contribution is -2.18. The number of nitrogens with two attached hydrogens (primary N) is 2. The van der Waals surface area contributed by atoms with Crippen LogP contribution in [0.2, 0.25) is 4.34 Å². The molecule has 0 fully saturated rings. The van der Waals surface area contributed by atoms with Crippen molar-refractivity contribution in [1.82, 2.24) is 4.90 Å². The van der Waals surface area contributed by atoms with Crippen molar-refractivity contribution in [3.63, 3.8) is 0 Å². The van der Waals surface area contributed by atoms with Crippen molar-refractivity contribution < 1.29 is 4.79 Å². The molecule has 4 nitrogen and oxygen atoms in total. The summed E-state index contributed by atoms with van der Waals surface area (Å²) >= 11 is 7.48. The van der Waals surface area contributed by atoms with Crippen LogP contribution in [0.5, 0.6) is 0 Å². The molecule has 6 heteroatoms. The SMILES string of the molecule is CN(Cc1ccc(Cl)s1)Cc1ccc(C(N)=O)cc1N. The van der Waals surface area contributed by atoms with Gasteiger partial charge < -0.3 is 11.5 Å². The summed E-state index contributed by atoms with van der Waals surface area (Å²) in [6.07, 6.45) is 0. The van der Waals surface area contributed by atoms with Crippen LogP contribution in [0.3, 0.4) is 0 Å². The Morgan fingerprint density at radius 1 is 1.30 bits per heavy atom. The van der Waals surface area contributed by atoms with Crippen molar-refractivity contribution in [1.29, 1.82) is 0 Å². The maximum atomic E-state index is 11.1. The van der Waals surface area contributed by atoms with Crippen molar-refractivity contribution in [2.45, 2.75) is 13.1 Å². The number of halogens is 1. The third-order valence-corrected chi connectivity index (χ3v) is 4.14. The molecule has 0 atom stereocenters. The second-order valence-corrected chi connectivity index (χ2v) is 6.46. The van der Waals surface area contributed by atoms with E-state index in [1.54, 1.807) is 23.5 Å². The number of carbonyl (C=O) groups is 1. The third kappa shape index (κ3) is 3.72. The zero-order valence-electron chi connectivity index (χ0n) is 11.1. The molecule has 0 unspecified atom stereocenters. The predicted octanol–water partition coefficient (Wildman–Crippen LogP) is 2.71. The lowest BCUT2D eigenvalue weighted by atomic mass is 10.1. The van der Waals surface area contributed by atoms with Crippen LogP contribution in [0.15, 0.2) is 30.3 Å². The highest BCUT2D eigenvalue weighted by molar-refractivity contribution is 7.16. The van der Waals surface area contributed by atoms with Gasteiger partial charge in [0.1, 0.15) is 0 Å². The van der Waals surface area contributed by atoms with Gasteiger partial charge in [-0.1, -0.05) is 17.7 Å². The molecule has 0 aliphatic carbocycles. The summed E-state index contributed by atoms with van der Waals surface area (Å²) in [6.45, 7) is 1.49. The first-order valence-electron chi connectivity index (χ1n) is 6.06. The number of hydrogen-bond donors (Lipinski definition) is 2. The fourth-order valence-electron chi connectivity index (χ4n) is 1.94. The molecule has 2 rings (SSSR count). The number of benzene rings is 1. The molecule has 0 saturated carbocycles. The number of anilines is 1. The summed E-state index contributed by atoms with van der Waals surface area (Å²) < 4.78 is 0.790. The number of nitrogen functional groups attached to an aromatic ring is 1. The van der Waals surface area contributed by atoms with Gasteiger partial charge in [-0.2, -0.15) is 0 Å². The van der Waals surface area contributed by atoms with E-state index in [9.17, 15) is 4.79 Å². The predicted molar refractivity (Wildman–Crippen MR) is 83.9 cm³/mol. The molecule has 4 N–H and O–H groups in total. The molecule has 0 bridgehead atoms. The van der Waals surface area contributed by atoms with Gasteiger partial charge >= 0.3 is 0 Å². The first kappa shape index (κ1) is 14.8. The number of carbonyl (C=O) groups excluding carboxylic acids is 1. The van der Waals surface area contributed by atoms with E-state index < -0.39 is 5.91 Å². The Hall–Kier alpha value is -1.56. The van der Waals surface area contributed by atoms with Gasteiger partial charge in [0.15, 0.2) is 0 Å². The van der Waals surface area contributed by atoms with Crippen LogP contribution in [-0.2, 0) is 13.1 Å². The maximum absolute atomic E-state index is 11.1. The van der Waals surface area contributed by atoms with Gasteiger partial charge in [0.25, 0.3) is 0 Å². The molecular weight excluding hydrogens is 294 g/mol. The molecule has 0 saturated heterocycles. The summed E-state index contributed by atoms with van der Waals surface area (Å²) in [6, 6.07) is 9.07. The lowest BCUT2D eigenvalue weighted by molar-refractivity contribution is 0.100. The highest BCUT2D eigenvalue weighted by Crippen LogP contribution is 2.23. The van der Waals surface area contributed by atoms with Crippen LogP contribution < -0.4 is 11.5 Å². The molecule has 1 amide bonds. The Morgan fingerprint density at radius 3 is 2.60 bits per heavy atom. The minimum atomic E-state index is -0.468. The first-order valence-corrected chi connectivity index (χ1v) is 7.26. The number of amides is 1. The highest BCUT2D eigenvalue weighted by Gasteiger charge is 2.08. The summed E-state index contributed by atoms with van der Waals surface area (Å²) in [5, 5.41) is 0. The van der Waals surface area contributed by atoms with Crippen LogP contribution in [-0.4, -0.2) is 17.9 Å². The summed E-state index contributed by atoms with van der Waals surface area (Å²) in [4.78, 5) is 14.4. The van der Waals surface area contributed by atoms with Crippen molar-refractivity contribution in [2.24, 2.45) is 5.73 Å². The largest absolute Gasteiger partial charge is 0.398 e. The van der Waals surface area contributed by atoms with Crippen LogP contribution >= 0.6 is 22.9 Å². The highest BCUT2D eigenvalue weighted by atomic mass is 35.5. The van der Waals surface area contributed by atoms with Crippen molar-refractivity contribution >= 4 is 34.5 Å². The molecule has 0 radical (unpaired) electrons. The van der Waals surface area contributed by atoms with Crippen molar-refractivity contribution in [3.8, 4) is 0 Å². The van der Waals surface area contributed by atoms with E-state index in [2.05, 4.69) is 4.90 Å². The number of primary amides is 1. The van der Waals surface area contributed by atoms with E-state index in [1.165, 1.54) is 4.88 Å². The minimum absolute atomic E-state index is 0.430. The van der Waals surface area contributed by atoms with Crippen LogP contribution in [0.25, 0.3) is 0 Å². The number of nitrogens with zero attached hydrogens (tertiary/aromatic N) is 1. The number of thiophene rings is 1. The summed E-state index contributed by atoms with van der Waals surface area (Å²) in [5.74, 6) is -0.468. The molecule has 0 aliphatic heterocycles. The van der Waals surface area contributed by atoms with Gasteiger partial charge in [0.2, 0.25) is 5.91 Å². The second kappa shape index (κ2) is 6.26. The van der Waals surface area contributed by atoms with E-state index in [1.807, 2.05) is 25.2 Å². The van der Waals surface area contributed by atoms with Gasteiger partial charge in [-0.25, -0.2) is 0 Å². The summed E-state index contributed by atoms with van der Waals surface area (Å²) in [7, 11) is 2.01. The maximum Gasteiger partial charge on any atom is 0.248 e. The molecular formula is C14H16ClN3OS. The van der Waals surface area contributed by atoms with Crippen molar-refractivity contribution in [3.05, 3.63) is 50.7 Å². The topological polar surface area (TPSA) is 72.3 Å². The molecule has 0 aliphatic rings. The first-order chi connectivity index (χ1) is 9.45. The van der Waals surface area contributed by atoms with Crippen LogP contribution in [0.1, 0.15) is 20.8 Å². The van der Waals surface area contributed by atoms with Crippen LogP contribution in [0, 0.1) is 0 Å². The van der Waals surface area contributed by atoms with Gasteiger partial charge in [0.05, 0.1) is 4.34 Å². The van der Waals surface area contributed by atoms with Crippen LogP contribution in [0.4, 0.5) is 5.69 Å². The van der Waals surface area contributed by atoms with Gasteiger partial charge in [0, 0.05) is 29.2 Å². The molecule has 2 aromatic rings. The molecule has 20 heavy (non-hydrogen) atoms. The van der Waals surface area contributed by atoms with Crippen molar-refractivity contribution in [2.75, 3.05) is 12.8 Å². The second-order valence-electron chi connectivity index (χ2n) is 4.66. The van der Waals surface area contributed by atoms with Gasteiger partial charge in [-0.15, -0.1) is 11.3 Å². The summed E-state index contributed by atoms with van der Waals surface area (Å²) in [5.41, 5.74) is 13.2. The fourth-order valence-corrected chi connectivity index (χ4v) is 3.11. The van der Waals surface area contributed by atoms with E-state index in [0.29, 0.717) is 17.8 Å². The normalized spacial score (nSPS) is 10.9. The molecule has 106 valence electrons. The van der Waals surface area contributed by atoms with Gasteiger partial charge in [-0.3, -0.25) is 9.69 Å². The monoisotopic (exact) mass is 309 g/mol. The number of rotatable bonds is 5. The lowest BCUT2D eigenvalue weighted by Gasteiger charge is -2.17. The standard InChI is InChI=1S/C14H16ClN3OS/c1-18(8-11-4-5-13(15)20-11)7-10-3-2-9(14(17)19)6-12(10)16/h2-6H,7-8,16H2,1H3,(H2,17,19). The Bertz CT molecular complexity index is 627. The molecule has 0 spiro atoms. The Balaban J connectivity index is 2.04. The molecule has 1 heterocycles. The molecule has 1 aromatic heterocycles. The Morgan fingerprint density at radius 2 is 2.05 bits per heavy atom. The minimum Gasteiger partial charge on any atom is -0.398 e. The third-order valence-electron chi connectivity index (χ3n) is 2.93. The molecule has 1 aromatic carbocycles. The average molecular weight is 310 g/mol. The number of hydrogen-bond acceptors (Lipinski definition) is 4. The quantitative estimate of drug-likeness (QED) is 0.834. The zero-order valence-corrected chi connectivity index (χ0v) is 12.7. The average Bonchev–Trinajstić information content (AvgIpc) is 2.77. The Labute approximate surface area is 126 Å². The van der Waals surface area contributed by atoms with E-state index >= 15 is 0 Å². The van der Waals surface area contributed by atoms with E-state index in [4.69, 9.17) is 23.1 Å². The fraction of sp³-hybridized carbons (Fsp3) is 0.214. The Kier molecular flexibility index (Phi) is 4.65. The van der Waals surface area contributed by atoms with E-state index in [-0.39, 0.29) is 0 Å².